The molecule has 2 heterocycles. The van der Waals surface area contributed by atoms with Crippen molar-refractivity contribution in [1.29, 1.82) is 0 Å². The second kappa shape index (κ2) is 8.17. The zero-order valence-corrected chi connectivity index (χ0v) is 16.9. The van der Waals surface area contributed by atoms with Crippen molar-refractivity contribution < 1.29 is 4.79 Å². The number of piperazine rings is 1. The Balaban J connectivity index is 1.71. The summed E-state index contributed by atoms with van der Waals surface area (Å²) in [5.74, 6) is -0.105. The van der Waals surface area contributed by atoms with Crippen molar-refractivity contribution in [2.45, 2.75) is 26.4 Å². The van der Waals surface area contributed by atoms with Crippen molar-refractivity contribution in [2.24, 2.45) is 0 Å². The molecule has 6 nitrogen and oxygen atoms in total. The molecule has 1 fully saturated rings. The third-order valence-corrected chi connectivity index (χ3v) is 5.58. The Bertz CT molecular complexity index is 1070. The normalized spacial score (nSPS) is 15.2. The van der Waals surface area contributed by atoms with Gasteiger partial charge in [-0.2, -0.15) is 5.10 Å². The lowest BCUT2D eigenvalue weighted by Crippen LogP contribution is -2.51. The molecule has 0 bridgehead atoms. The van der Waals surface area contributed by atoms with Gasteiger partial charge < -0.3 is 4.90 Å². The fourth-order valence-corrected chi connectivity index (χ4v) is 3.85. The van der Waals surface area contributed by atoms with Crippen molar-refractivity contribution in [2.75, 3.05) is 26.2 Å². The van der Waals surface area contributed by atoms with Crippen LogP contribution >= 0.6 is 0 Å². The quantitative estimate of drug-likeness (QED) is 0.687. The summed E-state index contributed by atoms with van der Waals surface area (Å²) in [6, 6.07) is 17.4. The zero-order chi connectivity index (χ0) is 20.4. The van der Waals surface area contributed by atoms with Gasteiger partial charge in [0, 0.05) is 37.6 Å². The van der Waals surface area contributed by atoms with Crippen LogP contribution in [0, 0.1) is 0 Å². The number of aromatic nitrogens is 2. The molecule has 3 aromatic rings. The zero-order valence-electron chi connectivity index (χ0n) is 16.9. The van der Waals surface area contributed by atoms with Gasteiger partial charge in [-0.05, 0) is 25.5 Å². The summed E-state index contributed by atoms with van der Waals surface area (Å²) in [5, 5.41) is 5.68. The average molecular weight is 390 g/mol. The molecule has 1 aliphatic rings. The van der Waals surface area contributed by atoms with Gasteiger partial charge in [-0.25, -0.2) is 4.68 Å². The predicted octanol–water partition coefficient (Wildman–Crippen LogP) is 2.61. The molecule has 1 aliphatic heterocycles. The minimum atomic E-state index is -0.175. The molecule has 0 spiro atoms. The Morgan fingerprint density at radius 2 is 1.55 bits per heavy atom. The van der Waals surface area contributed by atoms with E-state index < -0.39 is 0 Å². The number of benzene rings is 2. The Kier molecular flexibility index (Phi) is 5.45. The standard InChI is InChI=1S/C23H26N4O2/c1-17(2)25-12-14-26(15-13-25)23(29)21-19-10-6-7-11-20(19)22(28)27(24-21)16-18-8-4-3-5-9-18/h3-11,17H,12-16H2,1-2H3. The van der Waals surface area contributed by atoms with Crippen molar-refractivity contribution in [3.8, 4) is 0 Å². The van der Waals surface area contributed by atoms with E-state index in [1.807, 2.05) is 53.4 Å². The molecule has 0 N–H and O–H groups in total. The van der Waals surface area contributed by atoms with Gasteiger partial charge >= 0.3 is 0 Å². The second-order valence-corrected chi connectivity index (χ2v) is 7.76. The lowest BCUT2D eigenvalue weighted by Gasteiger charge is -2.36. The summed E-state index contributed by atoms with van der Waals surface area (Å²) in [4.78, 5) is 30.5. The van der Waals surface area contributed by atoms with Gasteiger partial charge in [-0.15, -0.1) is 0 Å². The fourth-order valence-electron chi connectivity index (χ4n) is 3.85. The molecule has 1 saturated heterocycles. The smallest absolute Gasteiger partial charge is 0.275 e. The lowest BCUT2D eigenvalue weighted by atomic mass is 10.1. The second-order valence-electron chi connectivity index (χ2n) is 7.76. The molecule has 0 aliphatic carbocycles. The summed E-state index contributed by atoms with van der Waals surface area (Å²) in [5.41, 5.74) is 1.15. The predicted molar refractivity (Wildman–Crippen MR) is 114 cm³/mol. The Labute approximate surface area is 170 Å². The van der Waals surface area contributed by atoms with E-state index >= 15 is 0 Å². The van der Waals surface area contributed by atoms with Crippen LogP contribution < -0.4 is 5.56 Å². The van der Waals surface area contributed by atoms with Crippen LogP contribution in [-0.2, 0) is 6.54 Å². The molecule has 1 aromatic heterocycles. The van der Waals surface area contributed by atoms with Crippen LogP contribution in [0.4, 0.5) is 0 Å². The summed E-state index contributed by atoms with van der Waals surface area (Å²) in [6.07, 6.45) is 0. The molecule has 6 heteroatoms. The van der Waals surface area contributed by atoms with Crippen LogP contribution in [0.3, 0.4) is 0 Å². The highest BCUT2D eigenvalue weighted by Gasteiger charge is 2.26. The van der Waals surface area contributed by atoms with Crippen LogP contribution in [0.1, 0.15) is 29.9 Å². The third-order valence-electron chi connectivity index (χ3n) is 5.58. The number of hydrogen-bond donors (Lipinski definition) is 0. The van der Waals surface area contributed by atoms with Gasteiger partial charge in [-0.3, -0.25) is 14.5 Å². The molecule has 2 aromatic carbocycles. The van der Waals surface area contributed by atoms with Crippen molar-refractivity contribution >= 4 is 16.7 Å². The number of carbonyl (C=O) groups excluding carboxylic acids is 1. The summed E-state index contributed by atoms with van der Waals surface area (Å²) in [6.45, 7) is 7.73. The highest BCUT2D eigenvalue weighted by atomic mass is 16.2. The van der Waals surface area contributed by atoms with Gasteiger partial charge in [0.25, 0.3) is 11.5 Å². The number of fused-ring (bicyclic) bond motifs is 1. The van der Waals surface area contributed by atoms with E-state index in [0.29, 0.717) is 42.1 Å². The van der Waals surface area contributed by atoms with Gasteiger partial charge in [0.1, 0.15) is 0 Å². The molecule has 0 unspecified atom stereocenters. The first-order valence-electron chi connectivity index (χ1n) is 10.1. The van der Waals surface area contributed by atoms with E-state index in [2.05, 4.69) is 23.8 Å². The summed E-state index contributed by atoms with van der Waals surface area (Å²) in [7, 11) is 0. The van der Waals surface area contributed by atoms with Crippen LogP contribution in [0.2, 0.25) is 0 Å². The molecule has 1 amide bonds. The first-order chi connectivity index (χ1) is 14.0. The SMILES string of the molecule is CC(C)N1CCN(C(=O)c2nn(Cc3ccccc3)c(=O)c3ccccc23)CC1. The number of nitrogens with zero attached hydrogens (tertiary/aromatic N) is 4. The van der Waals surface area contributed by atoms with Crippen molar-refractivity contribution in [3.63, 3.8) is 0 Å². The fraction of sp³-hybridized carbons (Fsp3) is 0.348. The van der Waals surface area contributed by atoms with E-state index in [1.54, 1.807) is 6.07 Å². The monoisotopic (exact) mass is 390 g/mol. The molecule has 0 radical (unpaired) electrons. The van der Waals surface area contributed by atoms with Gasteiger partial charge in [-0.1, -0.05) is 48.5 Å². The molecule has 0 saturated carbocycles. The number of carbonyl (C=O) groups is 1. The van der Waals surface area contributed by atoms with E-state index in [4.69, 9.17) is 0 Å². The van der Waals surface area contributed by atoms with E-state index in [1.165, 1.54) is 4.68 Å². The summed E-state index contributed by atoms with van der Waals surface area (Å²) < 4.78 is 1.41. The number of amides is 1. The molecule has 150 valence electrons. The van der Waals surface area contributed by atoms with E-state index in [-0.39, 0.29) is 11.5 Å². The number of hydrogen-bond acceptors (Lipinski definition) is 4. The van der Waals surface area contributed by atoms with Gasteiger partial charge in [0.05, 0.1) is 11.9 Å². The largest absolute Gasteiger partial charge is 0.335 e. The Morgan fingerprint density at radius 1 is 0.931 bits per heavy atom. The molecule has 0 atom stereocenters. The maximum absolute atomic E-state index is 13.3. The van der Waals surface area contributed by atoms with E-state index in [0.717, 1.165) is 18.7 Å². The topological polar surface area (TPSA) is 58.4 Å². The van der Waals surface area contributed by atoms with Gasteiger partial charge in [0.2, 0.25) is 0 Å². The first kappa shape index (κ1) is 19.3. The van der Waals surface area contributed by atoms with Crippen LogP contribution in [0.15, 0.2) is 59.4 Å². The summed E-state index contributed by atoms with van der Waals surface area (Å²) >= 11 is 0. The number of rotatable bonds is 4. The van der Waals surface area contributed by atoms with Crippen molar-refractivity contribution in [3.05, 3.63) is 76.2 Å². The van der Waals surface area contributed by atoms with Crippen LogP contribution in [-0.4, -0.2) is 57.7 Å². The van der Waals surface area contributed by atoms with Crippen LogP contribution in [0.25, 0.3) is 10.8 Å². The highest BCUT2D eigenvalue weighted by molar-refractivity contribution is 6.04. The van der Waals surface area contributed by atoms with E-state index in [9.17, 15) is 9.59 Å². The highest BCUT2D eigenvalue weighted by Crippen LogP contribution is 2.17. The molecular weight excluding hydrogens is 364 g/mol. The van der Waals surface area contributed by atoms with Crippen molar-refractivity contribution in [1.82, 2.24) is 19.6 Å². The maximum atomic E-state index is 13.3. The molecular formula is C23H26N4O2. The Morgan fingerprint density at radius 3 is 2.21 bits per heavy atom. The molecule has 29 heavy (non-hydrogen) atoms. The minimum Gasteiger partial charge on any atom is -0.335 e. The maximum Gasteiger partial charge on any atom is 0.275 e. The first-order valence-corrected chi connectivity index (χ1v) is 10.1. The lowest BCUT2D eigenvalue weighted by molar-refractivity contribution is 0.0589. The molecule has 4 rings (SSSR count). The van der Waals surface area contributed by atoms with Crippen LogP contribution in [0.5, 0.6) is 0 Å². The van der Waals surface area contributed by atoms with Gasteiger partial charge in [0.15, 0.2) is 5.69 Å². The third kappa shape index (κ3) is 3.93. The minimum absolute atomic E-state index is 0.105. The Hall–Kier alpha value is -2.99. The average Bonchev–Trinajstić information content (AvgIpc) is 2.76.